The topological polar surface area (TPSA) is 17.1 Å². The van der Waals surface area contributed by atoms with Gasteiger partial charge in [-0.2, -0.15) is 0 Å². The van der Waals surface area contributed by atoms with Gasteiger partial charge in [0.05, 0.1) is 4.90 Å². The van der Waals surface area contributed by atoms with Gasteiger partial charge in [0.25, 0.3) is 0 Å². The molecular formula is C10H8F2OS. The zero-order valence-electron chi connectivity index (χ0n) is 7.51. The summed E-state index contributed by atoms with van der Waals surface area (Å²) in [5.74, 6) is -1.09. The predicted octanol–water partition coefficient (Wildman–Crippen LogP) is 2.89. The summed E-state index contributed by atoms with van der Waals surface area (Å²) in [6.07, 6.45) is 0. The van der Waals surface area contributed by atoms with E-state index < -0.39 is 11.6 Å². The van der Waals surface area contributed by atoms with Gasteiger partial charge in [-0.3, -0.25) is 4.79 Å². The van der Waals surface area contributed by atoms with Gasteiger partial charge >= 0.3 is 0 Å². The van der Waals surface area contributed by atoms with Crippen molar-refractivity contribution in [1.82, 2.24) is 0 Å². The maximum absolute atomic E-state index is 13.2. The van der Waals surface area contributed by atoms with E-state index >= 15 is 0 Å². The molecule has 0 fully saturated rings. The van der Waals surface area contributed by atoms with Gasteiger partial charge in [0.2, 0.25) is 0 Å². The quantitative estimate of drug-likeness (QED) is 0.660. The lowest BCUT2D eigenvalue weighted by atomic mass is 10.00. The van der Waals surface area contributed by atoms with Crippen LogP contribution in [0.15, 0.2) is 17.0 Å². The minimum atomic E-state index is -0.690. The van der Waals surface area contributed by atoms with Crippen LogP contribution < -0.4 is 0 Å². The van der Waals surface area contributed by atoms with E-state index in [1.807, 2.05) is 0 Å². The Morgan fingerprint density at radius 3 is 2.86 bits per heavy atom. The minimum Gasteiger partial charge on any atom is -0.294 e. The van der Waals surface area contributed by atoms with Gasteiger partial charge in [0, 0.05) is 23.3 Å². The molecule has 2 rings (SSSR count). The molecule has 0 radical (unpaired) electrons. The van der Waals surface area contributed by atoms with E-state index in [0.717, 1.165) is 12.1 Å². The highest BCUT2D eigenvalue weighted by Gasteiger charge is 2.27. The van der Waals surface area contributed by atoms with E-state index in [2.05, 4.69) is 0 Å². The Labute approximate surface area is 84.5 Å². The van der Waals surface area contributed by atoms with Crippen molar-refractivity contribution < 1.29 is 13.6 Å². The maximum atomic E-state index is 13.2. The number of hydrogen-bond donors (Lipinski definition) is 0. The second-order valence-corrected chi connectivity index (χ2v) is 4.37. The number of carbonyl (C=O) groups is 1. The molecule has 1 unspecified atom stereocenters. The summed E-state index contributed by atoms with van der Waals surface area (Å²) in [5, 5.41) is 0. The van der Waals surface area contributed by atoms with Gasteiger partial charge in [-0.1, -0.05) is 6.92 Å². The number of ketones is 1. The number of halogens is 2. The smallest absolute Gasteiger partial charge is 0.167 e. The van der Waals surface area contributed by atoms with Crippen molar-refractivity contribution in [3.8, 4) is 0 Å². The van der Waals surface area contributed by atoms with Crippen LogP contribution in [0.25, 0.3) is 0 Å². The van der Waals surface area contributed by atoms with Crippen LogP contribution in [-0.2, 0) is 0 Å². The Hall–Kier alpha value is -0.900. The molecule has 0 aromatic heterocycles. The van der Waals surface area contributed by atoms with Gasteiger partial charge < -0.3 is 0 Å². The number of Topliss-reactive ketones (excluding diaryl/α,β-unsaturated/α-hetero) is 1. The van der Waals surface area contributed by atoms with E-state index in [1.165, 1.54) is 11.8 Å². The molecule has 1 aromatic carbocycles. The third kappa shape index (κ3) is 1.43. The SMILES string of the molecule is CC1CSc2c(F)cc(F)cc2C1=O. The third-order valence-electron chi connectivity index (χ3n) is 2.20. The van der Waals surface area contributed by atoms with Crippen LogP contribution in [-0.4, -0.2) is 11.5 Å². The fraction of sp³-hybridized carbons (Fsp3) is 0.300. The maximum Gasteiger partial charge on any atom is 0.167 e. The number of rotatable bonds is 0. The molecule has 0 saturated heterocycles. The van der Waals surface area contributed by atoms with E-state index in [1.54, 1.807) is 6.92 Å². The molecule has 74 valence electrons. The summed E-state index contributed by atoms with van der Waals surface area (Å²) in [6.45, 7) is 1.76. The fourth-order valence-corrected chi connectivity index (χ4v) is 2.52. The number of hydrogen-bond acceptors (Lipinski definition) is 2. The minimum absolute atomic E-state index is 0.159. The lowest BCUT2D eigenvalue weighted by Gasteiger charge is -2.19. The Bertz CT molecular complexity index is 403. The molecule has 1 atom stereocenters. The van der Waals surface area contributed by atoms with E-state index in [4.69, 9.17) is 0 Å². The van der Waals surface area contributed by atoms with Crippen LogP contribution in [0.1, 0.15) is 17.3 Å². The average molecular weight is 214 g/mol. The molecule has 0 bridgehead atoms. The van der Waals surface area contributed by atoms with Crippen LogP contribution in [0.4, 0.5) is 8.78 Å². The first-order valence-electron chi connectivity index (χ1n) is 4.25. The Balaban J connectivity index is 2.60. The number of thioether (sulfide) groups is 1. The van der Waals surface area contributed by atoms with Crippen molar-refractivity contribution in [2.24, 2.45) is 5.92 Å². The first-order valence-corrected chi connectivity index (χ1v) is 5.24. The first kappa shape index (κ1) is 9.65. The van der Waals surface area contributed by atoms with Crippen LogP contribution in [0.5, 0.6) is 0 Å². The largest absolute Gasteiger partial charge is 0.294 e. The van der Waals surface area contributed by atoms with Crippen LogP contribution in [0.2, 0.25) is 0 Å². The van der Waals surface area contributed by atoms with Gasteiger partial charge in [0.1, 0.15) is 11.6 Å². The Morgan fingerprint density at radius 1 is 1.43 bits per heavy atom. The molecule has 4 heteroatoms. The van der Waals surface area contributed by atoms with Crippen molar-refractivity contribution >= 4 is 17.5 Å². The molecule has 0 N–H and O–H groups in total. The molecule has 0 aliphatic carbocycles. The van der Waals surface area contributed by atoms with E-state index in [-0.39, 0.29) is 22.2 Å². The molecule has 1 aromatic rings. The molecule has 0 amide bonds. The summed E-state index contributed by atoms with van der Waals surface area (Å²) < 4.78 is 26.1. The molecule has 0 spiro atoms. The van der Waals surface area contributed by atoms with Gasteiger partial charge in [0.15, 0.2) is 5.78 Å². The summed E-state index contributed by atoms with van der Waals surface area (Å²) in [6, 6.07) is 1.93. The second kappa shape index (κ2) is 3.35. The highest BCUT2D eigenvalue weighted by Crippen LogP contribution is 2.35. The van der Waals surface area contributed by atoms with Gasteiger partial charge in [-0.15, -0.1) is 11.8 Å². The summed E-state index contributed by atoms with van der Waals surface area (Å²) >= 11 is 1.27. The van der Waals surface area contributed by atoms with Crippen molar-refractivity contribution in [3.63, 3.8) is 0 Å². The van der Waals surface area contributed by atoms with E-state index in [0.29, 0.717) is 5.75 Å². The number of carbonyl (C=O) groups excluding carboxylic acids is 1. The standard InChI is InChI=1S/C10H8F2OS/c1-5-4-14-10-7(9(5)13)2-6(11)3-8(10)12/h2-3,5H,4H2,1H3. The highest BCUT2D eigenvalue weighted by atomic mass is 32.2. The van der Waals surface area contributed by atoms with Crippen molar-refractivity contribution in [2.75, 3.05) is 5.75 Å². The highest BCUT2D eigenvalue weighted by molar-refractivity contribution is 7.99. The lowest BCUT2D eigenvalue weighted by molar-refractivity contribution is 0.0934. The molecule has 1 aliphatic heterocycles. The molecule has 14 heavy (non-hydrogen) atoms. The van der Waals surface area contributed by atoms with Crippen molar-refractivity contribution in [1.29, 1.82) is 0 Å². The molecule has 1 heterocycles. The Morgan fingerprint density at radius 2 is 2.14 bits per heavy atom. The van der Waals surface area contributed by atoms with Crippen LogP contribution >= 0.6 is 11.8 Å². The zero-order chi connectivity index (χ0) is 10.3. The summed E-state index contributed by atoms with van der Waals surface area (Å²) in [7, 11) is 0. The number of benzene rings is 1. The Kier molecular flexibility index (Phi) is 2.31. The van der Waals surface area contributed by atoms with Crippen molar-refractivity contribution in [3.05, 3.63) is 29.3 Å². The van der Waals surface area contributed by atoms with Gasteiger partial charge in [-0.25, -0.2) is 8.78 Å². The zero-order valence-corrected chi connectivity index (χ0v) is 8.33. The fourth-order valence-electron chi connectivity index (χ4n) is 1.44. The normalized spacial score (nSPS) is 20.8. The molecule has 1 aliphatic rings. The summed E-state index contributed by atoms with van der Waals surface area (Å²) in [5.41, 5.74) is 0.186. The molecule has 0 saturated carbocycles. The average Bonchev–Trinajstić information content (AvgIpc) is 2.12. The third-order valence-corrected chi connectivity index (χ3v) is 3.57. The van der Waals surface area contributed by atoms with Gasteiger partial charge in [-0.05, 0) is 6.07 Å². The van der Waals surface area contributed by atoms with Crippen molar-refractivity contribution in [2.45, 2.75) is 11.8 Å². The van der Waals surface area contributed by atoms with E-state index in [9.17, 15) is 13.6 Å². The molecular weight excluding hydrogens is 206 g/mol. The predicted molar refractivity (Wildman–Crippen MR) is 50.6 cm³/mol. The van der Waals surface area contributed by atoms with Crippen LogP contribution in [0.3, 0.4) is 0 Å². The second-order valence-electron chi connectivity index (χ2n) is 3.34. The molecule has 1 nitrogen and oxygen atoms in total. The number of fused-ring (bicyclic) bond motifs is 1. The first-order chi connectivity index (χ1) is 6.59. The van der Waals surface area contributed by atoms with Crippen LogP contribution in [0, 0.1) is 17.6 Å². The monoisotopic (exact) mass is 214 g/mol. The summed E-state index contributed by atoms with van der Waals surface area (Å²) in [4.78, 5) is 11.9. The lowest BCUT2D eigenvalue weighted by Crippen LogP contribution is -2.20.